The smallest absolute Gasteiger partial charge is 0.123 e. The van der Waals surface area contributed by atoms with E-state index in [0.717, 1.165) is 30.8 Å². The van der Waals surface area contributed by atoms with Gasteiger partial charge in [-0.3, -0.25) is 4.68 Å². The van der Waals surface area contributed by atoms with E-state index in [1.54, 1.807) is 18.3 Å². The Hall–Kier alpha value is -1.68. The summed E-state index contributed by atoms with van der Waals surface area (Å²) >= 11 is 0. The first-order valence-electron chi connectivity index (χ1n) is 6.76. The van der Waals surface area contributed by atoms with Gasteiger partial charge >= 0.3 is 0 Å². The molecule has 1 aromatic heterocycles. The van der Waals surface area contributed by atoms with Crippen molar-refractivity contribution in [3.8, 4) is 0 Å². The van der Waals surface area contributed by atoms with Gasteiger partial charge in [-0.1, -0.05) is 19.1 Å². The molecule has 4 heteroatoms. The Morgan fingerprint density at radius 3 is 2.84 bits per heavy atom. The van der Waals surface area contributed by atoms with Crippen LogP contribution in [0.25, 0.3) is 0 Å². The van der Waals surface area contributed by atoms with Crippen LogP contribution in [0.4, 0.5) is 4.39 Å². The van der Waals surface area contributed by atoms with E-state index in [4.69, 9.17) is 0 Å². The maximum Gasteiger partial charge on any atom is 0.123 e. The lowest BCUT2D eigenvalue weighted by Gasteiger charge is -2.20. The summed E-state index contributed by atoms with van der Waals surface area (Å²) in [5.74, 6) is -0.205. The number of aromatic nitrogens is 2. The number of hydrogen-bond acceptors (Lipinski definition) is 2. The first-order chi connectivity index (χ1) is 9.26. The fourth-order valence-corrected chi connectivity index (χ4v) is 2.22. The number of halogens is 1. The number of aryl methyl sites for hydroxylation is 1. The molecule has 0 aliphatic carbocycles. The minimum absolute atomic E-state index is 0.0156. The highest BCUT2D eigenvalue weighted by molar-refractivity contribution is 5.28. The zero-order valence-corrected chi connectivity index (χ0v) is 11.4. The molecule has 1 aromatic carbocycles. The SMILES string of the molecule is CCCNC(c1cccc(F)c1)c1ccnn1CC. The van der Waals surface area contributed by atoms with Gasteiger partial charge in [0.1, 0.15) is 5.82 Å². The van der Waals surface area contributed by atoms with Crippen molar-refractivity contribution >= 4 is 0 Å². The average Bonchev–Trinajstić information content (AvgIpc) is 2.88. The highest BCUT2D eigenvalue weighted by atomic mass is 19.1. The van der Waals surface area contributed by atoms with Gasteiger partial charge in [0, 0.05) is 12.7 Å². The van der Waals surface area contributed by atoms with Gasteiger partial charge in [-0.05, 0) is 43.7 Å². The van der Waals surface area contributed by atoms with Gasteiger partial charge in [0.05, 0.1) is 11.7 Å². The summed E-state index contributed by atoms with van der Waals surface area (Å²) in [5, 5.41) is 7.76. The van der Waals surface area contributed by atoms with Crippen molar-refractivity contribution < 1.29 is 4.39 Å². The van der Waals surface area contributed by atoms with Crippen molar-refractivity contribution in [2.75, 3.05) is 6.54 Å². The molecule has 1 heterocycles. The van der Waals surface area contributed by atoms with E-state index in [-0.39, 0.29) is 11.9 Å². The summed E-state index contributed by atoms with van der Waals surface area (Å²) in [6.45, 7) is 5.86. The Morgan fingerprint density at radius 2 is 2.16 bits per heavy atom. The zero-order chi connectivity index (χ0) is 13.7. The lowest BCUT2D eigenvalue weighted by atomic mass is 10.0. The monoisotopic (exact) mass is 261 g/mol. The van der Waals surface area contributed by atoms with E-state index in [1.165, 1.54) is 6.07 Å². The number of benzene rings is 1. The van der Waals surface area contributed by atoms with Crippen LogP contribution < -0.4 is 5.32 Å². The average molecular weight is 261 g/mol. The molecule has 0 aliphatic heterocycles. The van der Waals surface area contributed by atoms with Crippen LogP contribution in [0.5, 0.6) is 0 Å². The number of nitrogens with one attached hydrogen (secondary N) is 1. The summed E-state index contributed by atoms with van der Waals surface area (Å²) in [5.41, 5.74) is 2.00. The molecule has 0 saturated heterocycles. The Bertz CT molecular complexity index is 522. The molecule has 0 saturated carbocycles. The van der Waals surface area contributed by atoms with Crippen molar-refractivity contribution in [3.05, 3.63) is 53.6 Å². The second-order valence-corrected chi connectivity index (χ2v) is 4.51. The Morgan fingerprint density at radius 1 is 1.32 bits per heavy atom. The third kappa shape index (κ3) is 3.20. The third-order valence-corrected chi connectivity index (χ3v) is 3.13. The van der Waals surface area contributed by atoms with E-state index in [0.29, 0.717) is 0 Å². The zero-order valence-electron chi connectivity index (χ0n) is 11.4. The standard InChI is InChI=1S/C15H20FN3/c1-3-9-17-15(12-6-5-7-13(16)11-12)14-8-10-18-19(14)4-2/h5-8,10-11,15,17H,3-4,9H2,1-2H3. The van der Waals surface area contributed by atoms with Gasteiger partial charge < -0.3 is 5.32 Å². The molecule has 19 heavy (non-hydrogen) atoms. The van der Waals surface area contributed by atoms with Crippen molar-refractivity contribution in [1.29, 1.82) is 0 Å². The summed E-state index contributed by atoms with van der Waals surface area (Å²) < 4.78 is 15.4. The minimum atomic E-state index is -0.205. The van der Waals surface area contributed by atoms with E-state index in [2.05, 4.69) is 24.3 Å². The lowest BCUT2D eigenvalue weighted by molar-refractivity contribution is 0.526. The van der Waals surface area contributed by atoms with Crippen molar-refractivity contribution in [1.82, 2.24) is 15.1 Å². The molecule has 0 radical (unpaired) electrons. The molecular formula is C15H20FN3. The summed E-state index contributed by atoms with van der Waals surface area (Å²) in [6.07, 6.45) is 2.82. The number of hydrogen-bond donors (Lipinski definition) is 1. The first kappa shape index (κ1) is 13.7. The molecule has 0 aliphatic rings. The fraction of sp³-hybridized carbons (Fsp3) is 0.400. The van der Waals surface area contributed by atoms with Gasteiger partial charge in [-0.25, -0.2) is 4.39 Å². The molecule has 1 atom stereocenters. The number of nitrogens with zero attached hydrogens (tertiary/aromatic N) is 2. The van der Waals surface area contributed by atoms with E-state index in [9.17, 15) is 4.39 Å². The maximum atomic E-state index is 13.4. The van der Waals surface area contributed by atoms with Crippen LogP contribution in [-0.4, -0.2) is 16.3 Å². The predicted molar refractivity (Wildman–Crippen MR) is 74.4 cm³/mol. The topological polar surface area (TPSA) is 29.9 Å². The summed E-state index contributed by atoms with van der Waals surface area (Å²) in [4.78, 5) is 0. The van der Waals surface area contributed by atoms with E-state index in [1.807, 2.05) is 16.8 Å². The Labute approximate surface area is 113 Å². The Balaban J connectivity index is 2.35. The van der Waals surface area contributed by atoms with Crippen LogP contribution in [0.3, 0.4) is 0 Å². The molecule has 1 unspecified atom stereocenters. The maximum absolute atomic E-state index is 13.4. The molecule has 3 nitrogen and oxygen atoms in total. The molecule has 0 spiro atoms. The van der Waals surface area contributed by atoms with Gasteiger partial charge in [-0.2, -0.15) is 5.10 Å². The second-order valence-electron chi connectivity index (χ2n) is 4.51. The first-order valence-corrected chi connectivity index (χ1v) is 6.76. The molecular weight excluding hydrogens is 241 g/mol. The van der Waals surface area contributed by atoms with Gasteiger partial charge in [0.15, 0.2) is 0 Å². The molecule has 0 fully saturated rings. The van der Waals surface area contributed by atoms with Crippen LogP contribution >= 0.6 is 0 Å². The van der Waals surface area contributed by atoms with Crippen LogP contribution in [0.1, 0.15) is 37.6 Å². The third-order valence-electron chi connectivity index (χ3n) is 3.13. The summed E-state index contributed by atoms with van der Waals surface area (Å²) in [6, 6.07) is 8.72. The molecule has 0 bridgehead atoms. The van der Waals surface area contributed by atoms with Gasteiger partial charge in [0.2, 0.25) is 0 Å². The van der Waals surface area contributed by atoms with Crippen LogP contribution in [-0.2, 0) is 6.54 Å². The molecule has 0 amide bonds. The molecule has 2 rings (SSSR count). The van der Waals surface area contributed by atoms with Gasteiger partial charge in [0.25, 0.3) is 0 Å². The highest BCUT2D eigenvalue weighted by Gasteiger charge is 2.17. The normalized spacial score (nSPS) is 12.6. The molecule has 102 valence electrons. The lowest BCUT2D eigenvalue weighted by Crippen LogP contribution is -2.25. The second kappa shape index (κ2) is 6.48. The quantitative estimate of drug-likeness (QED) is 0.865. The largest absolute Gasteiger partial charge is 0.305 e. The van der Waals surface area contributed by atoms with E-state index >= 15 is 0 Å². The molecule has 2 aromatic rings. The van der Waals surface area contributed by atoms with Crippen LogP contribution in [0, 0.1) is 5.82 Å². The minimum Gasteiger partial charge on any atom is -0.305 e. The summed E-state index contributed by atoms with van der Waals surface area (Å²) in [7, 11) is 0. The number of rotatable bonds is 6. The van der Waals surface area contributed by atoms with Crippen molar-refractivity contribution in [2.24, 2.45) is 0 Å². The Kier molecular flexibility index (Phi) is 4.68. The predicted octanol–water partition coefficient (Wildman–Crippen LogP) is 3.13. The van der Waals surface area contributed by atoms with Crippen molar-refractivity contribution in [3.63, 3.8) is 0 Å². The fourth-order valence-electron chi connectivity index (χ4n) is 2.22. The van der Waals surface area contributed by atoms with E-state index < -0.39 is 0 Å². The van der Waals surface area contributed by atoms with Gasteiger partial charge in [-0.15, -0.1) is 0 Å². The highest BCUT2D eigenvalue weighted by Crippen LogP contribution is 2.22. The van der Waals surface area contributed by atoms with Crippen molar-refractivity contribution in [2.45, 2.75) is 32.9 Å². The van der Waals surface area contributed by atoms with Crippen LogP contribution in [0.2, 0.25) is 0 Å². The van der Waals surface area contributed by atoms with Crippen LogP contribution in [0.15, 0.2) is 36.5 Å². The molecule has 1 N–H and O–H groups in total.